The Hall–Kier alpha value is -2.18. The van der Waals surface area contributed by atoms with Crippen molar-refractivity contribution in [2.45, 2.75) is 6.92 Å². The fourth-order valence-corrected chi connectivity index (χ4v) is 2.02. The molecule has 0 unspecified atom stereocenters. The van der Waals surface area contributed by atoms with Gasteiger partial charge in [-0.05, 0) is 30.2 Å². The van der Waals surface area contributed by atoms with Crippen molar-refractivity contribution in [1.29, 1.82) is 0 Å². The molecular weight excluding hydrogens is 278 g/mol. The van der Waals surface area contributed by atoms with E-state index in [9.17, 15) is 13.2 Å². The van der Waals surface area contributed by atoms with Crippen molar-refractivity contribution in [2.24, 2.45) is 5.14 Å². The van der Waals surface area contributed by atoms with Crippen molar-refractivity contribution >= 4 is 21.6 Å². The van der Waals surface area contributed by atoms with E-state index in [1.165, 1.54) is 37.3 Å². The third-order valence-electron chi connectivity index (χ3n) is 2.65. The molecule has 0 aliphatic carbocycles. The number of carboxylic acids is 1. The minimum atomic E-state index is -3.83. The highest BCUT2D eigenvalue weighted by atomic mass is 32.2. The number of carbonyl (C=O) groups is 1. The Kier molecular flexibility index (Phi) is 5.01. The highest BCUT2D eigenvalue weighted by Crippen LogP contribution is 2.23. The monoisotopic (exact) mass is 293 g/mol. The number of hydrogen-bond acceptors (Lipinski definition) is 3. The summed E-state index contributed by atoms with van der Waals surface area (Å²) in [7, 11) is -3.83. The molecule has 0 saturated heterocycles. The molecule has 1 aromatic rings. The summed E-state index contributed by atoms with van der Waals surface area (Å²) in [5.74, 6) is -1.05. The van der Waals surface area contributed by atoms with E-state index in [1.54, 1.807) is 12.2 Å². The Morgan fingerprint density at radius 1 is 1.25 bits per heavy atom. The van der Waals surface area contributed by atoms with Crippen LogP contribution in [0.1, 0.15) is 22.8 Å². The molecule has 6 heteroatoms. The van der Waals surface area contributed by atoms with Crippen LogP contribution >= 0.6 is 0 Å². The van der Waals surface area contributed by atoms with Gasteiger partial charge in [0.1, 0.15) is 0 Å². The Labute approximate surface area is 117 Å². The molecule has 0 amide bonds. The van der Waals surface area contributed by atoms with E-state index < -0.39 is 16.0 Å². The van der Waals surface area contributed by atoms with Crippen LogP contribution in [0.2, 0.25) is 0 Å². The summed E-state index contributed by atoms with van der Waals surface area (Å²) >= 11 is 0. The van der Waals surface area contributed by atoms with E-state index in [4.69, 9.17) is 10.2 Å². The zero-order chi connectivity index (χ0) is 15.3. The minimum absolute atomic E-state index is 0.00123. The topological polar surface area (TPSA) is 97.5 Å². The van der Waals surface area contributed by atoms with Gasteiger partial charge in [0.05, 0.1) is 10.5 Å². The lowest BCUT2D eigenvalue weighted by Gasteiger charge is -2.08. The first-order valence-electron chi connectivity index (χ1n) is 5.64. The van der Waals surface area contributed by atoms with Gasteiger partial charge in [-0.2, -0.15) is 0 Å². The molecule has 3 N–H and O–H groups in total. The van der Waals surface area contributed by atoms with Crippen LogP contribution in [-0.2, 0) is 10.0 Å². The van der Waals surface area contributed by atoms with Crippen LogP contribution in [0.5, 0.6) is 0 Å². The van der Waals surface area contributed by atoms with Gasteiger partial charge < -0.3 is 5.11 Å². The van der Waals surface area contributed by atoms with Crippen molar-refractivity contribution in [2.75, 3.05) is 0 Å². The van der Waals surface area contributed by atoms with Crippen molar-refractivity contribution < 1.29 is 18.3 Å². The molecule has 0 spiro atoms. The molecule has 0 fully saturated rings. The number of primary sulfonamides is 1. The van der Waals surface area contributed by atoms with E-state index in [0.717, 1.165) is 0 Å². The SMILES string of the molecule is C=C/C=C\C(=C(/C)S(N)(=O)=O)c1ccc(C(=O)O)cc1. The molecule has 0 saturated carbocycles. The Balaban J connectivity index is 3.43. The normalized spacial score (nSPS) is 13.1. The van der Waals surface area contributed by atoms with Crippen LogP contribution in [0.15, 0.2) is 54.0 Å². The lowest BCUT2D eigenvalue weighted by Crippen LogP contribution is -2.14. The van der Waals surface area contributed by atoms with Gasteiger partial charge in [0.2, 0.25) is 10.0 Å². The molecule has 0 atom stereocenters. The number of carboxylic acid groups (broad SMARTS) is 1. The van der Waals surface area contributed by atoms with Crippen molar-refractivity contribution in [3.63, 3.8) is 0 Å². The first-order valence-corrected chi connectivity index (χ1v) is 7.18. The smallest absolute Gasteiger partial charge is 0.335 e. The molecule has 106 valence electrons. The van der Waals surface area contributed by atoms with E-state index in [-0.39, 0.29) is 10.5 Å². The van der Waals surface area contributed by atoms with Gasteiger partial charge in [-0.15, -0.1) is 0 Å². The predicted octanol–water partition coefficient (Wildman–Crippen LogP) is 2.15. The number of allylic oxidation sites excluding steroid dienone is 5. The third-order valence-corrected chi connectivity index (χ3v) is 3.72. The molecule has 0 bridgehead atoms. The Morgan fingerprint density at radius 2 is 1.75 bits per heavy atom. The van der Waals surface area contributed by atoms with Crippen LogP contribution in [0.25, 0.3) is 5.57 Å². The quantitative estimate of drug-likeness (QED) is 0.813. The fourth-order valence-electron chi connectivity index (χ4n) is 1.53. The number of rotatable bonds is 5. The number of benzene rings is 1. The van der Waals surface area contributed by atoms with Gasteiger partial charge in [-0.1, -0.05) is 36.9 Å². The third kappa shape index (κ3) is 3.91. The molecule has 0 radical (unpaired) electrons. The summed E-state index contributed by atoms with van der Waals surface area (Å²) in [5.41, 5.74) is 1.07. The molecule has 0 aliphatic rings. The second-order valence-electron chi connectivity index (χ2n) is 3.99. The molecule has 0 heterocycles. The highest BCUT2D eigenvalue weighted by molar-refractivity contribution is 7.93. The van der Waals surface area contributed by atoms with Crippen LogP contribution in [-0.4, -0.2) is 19.5 Å². The van der Waals surface area contributed by atoms with Crippen molar-refractivity contribution in [3.8, 4) is 0 Å². The summed E-state index contributed by atoms with van der Waals surface area (Å²) in [6, 6.07) is 5.85. The standard InChI is InChI=1S/C14H15NO4S/c1-3-4-5-13(10(2)20(15,18)19)11-6-8-12(9-7-11)14(16)17/h3-9H,1H2,2H3,(H,16,17)(H2,15,18,19)/b5-4-,13-10-. The first kappa shape index (κ1) is 15.9. The van der Waals surface area contributed by atoms with E-state index >= 15 is 0 Å². The molecule has 1 aromatic carbocycles. The van der Waals surface area contributed by atoms with Crippen LogP contribution < -0.4 is 5.14 Å². The second-order valence-corrected chi connectivity index (χ2v) is 5.69. The number of sulfonamides is 1. The maximum Gasteiger partial charge on any atom is 0.335 e. The maximum absolute atomic E-state index is 11.5. The lowest BCUT2D eigenvalue weighted by molar-refractivity contribution is 0.0697. The number of aromatic carboxylic acids is 1. The molecule has 0 aromatic heterocycles. The summed E-state index contributed by atoms with van der Waals surface area (Å²) in [4.78, 5) is 10.8. The highest BCUT2D eigenvalue weighted by Gasteiger charge is 2.13. The lowest BCUT2D eigenvalue weighted by atomic mass is 10.0. The summed E-state index contributed by atoms with van der Waals surface area (Å²) < 4.78 is 22.9. The van der Waals surface area contributed by atoms with Gasteiger partial charge in [0.25, 0.3) is 0 Å². The average molecular weight is 293 g/mol. The van der Waals surface area contributed by atoms with Crippen LogP contribution in [0.4, 0.5) is 0 Å². The Bertz CT molecular complexity index is 682. The van der Waals surface area contributed by atoms with Crippen LogP contribution in [0, 0.1) is 0 Å². The van der Waals surface area contributed by atoms with E-state index in [0.29, 0.717) is 11.1 Å². The molecule has 20 heavy (non-hydrogen) atoms. The van der Waals surface area contributed by atoms with Crippen LogP contribution in [0.3, 0.4) is 0 Å². The largest absolute Gasteiger partial charge is 0.478 e. The number of hydrogen-bond donors (Lipinski definition) is 2. The van der Waals surface area contributed by atoms with Gasteiger partial charge in [0.15, 0.2) is 0 Å². The van der Waals surface area contributed by atoms with Gasteiger partial charge in [0, 0.05) is 0 Å². The predicted molar refractivity (Wildman–Crippen MR) is 78.4 cm³/mol. The minimum Gasteiger partial charge on any atom is -0.478 e. The number of nitrogens with two attached hydrogens (primary N) is 1. The average Bonchev–Trinajstić information content (AvgIpc) is 2.38. The van der Waals surface area contributed by atoms with Gasteiger partial charge in [-0.3, -0.25) is 0 Å². The second kappa shape index (κ2) is 6.31. The molecular formula is C14H15NO4S. The fraction of sp³-hybridized carbons (Fsp3) is 0.0714. The van der Waals surface area contributed by atoms with E-state index in [1.807, 2.05) is 0 Å². The van der Waals surface area contributed by atoms with Gasteiger partial charge in [-0.25, -0.2) is 18.4 Å². The molecule has 1 rings (SSSR count). The van der Waals surface area contributed by atoms with Crippen molar-refractivity contribution in [3.05, 3.63) is 65.1 Å². The first-order chi connectivity index (χ1) is 9.27. The summed E-state index contributed by atoms with van der Waals surface area (Å²) in [6.07, 6.45) is 4.64. The zero-order valence-electron chi connectivity index (χ0n) is 10.9. The van der Waals surface area contributed by atoms with Crippen molar-refractivity contribution in [1.82, 2.24) is 0 Å². The van der Waals surface area contributed by atoms with E-state index in [2.05, 4.69) is 6.58 Å². The molecule has 0 aliphatic heterocycles. The zero-order valence-corrected chi connectivity index (χ0v) is 11.7. The molecule has 5 nitrogen and oxygen atoms in total. The summed E-state index contributed by atoms with van der Waals surface area (Å²) in [6.45, 7) is 4.91. The Morgan fingerprint density at radius 3 is 2.15 bits per heavy atom. The maximum atomic E-state index is 11.5. The summed E-state index contributed by atoms with van der Waals surface area (Å²) in [5, 5.41) is 14.0. The van der Waals surface area contributed by atoms with Gasteiger partial charge >= 0.3 is 5.97 Å².